The highest BCUT2D eigenvalue weighted by Crippen LogP contribution is 2.23. The number of hydrogen-bond donors (Lipinski definition) is 2. The van der Waals surface area contributed by atoms with Gasteiger partial charge in [-0.25, -0.2) is 10.4 Å². The fraction of sp³-hybridized carbons (Fsp3) is 0. The first-order valence-electron chi connectivity index (χ1n) is 8.99. The third-order valence-corrected chi connectivity index (χ3v) is 4.45. The molecule has 0 unspecified atom stereocenters. The summed E-state index contributed by atoms with van der Waals surface area (Å²) < 4.78 is 5.71. The van der Waals surface area contributed by atoms with E-state index in [4.69, 9.17) is 16.3 Å². The Morgan fingerprint density at radius 2 is 1.77 bits per heavy atom. The summed E-state index contributed by atoms with van der Waals surface area (Å²) in [7, 11) is 0. The minimum absolute atomic E-state index is 0.000592. The normalized spacial score (nSPS) is 11.0. The van der Waals surface area contributed by atoms with Crippen molar-refractivity contribution >= 4 is 40.4 Å². The number of hydrazone groups is 1. The zero-order valence-corrected chi connectivity index (χ0v) is 16.5. The van der Waals surface area contributed by atoms with Gasteiger partial charge in [-0.05, 0) is 60.2 Å². The second kappa shape index (κ2) is 8.64. The number of nitro benzene ring substituents is 1. The maximum Gasteiger partial charge on any atom is 0.307 e. The summed E-state index contributed by atoms with van der Waals surface area (Å²) in [5.74, 6) is 0.728. The minimum atomic E-state index is -0.571. The summed E-state index contributed by atoms with van der Waals surface area (Å²) in [4.78, 5) is 29.4. The maximum atomic E-state index is 12.2. The standard InChI is InChI=1S/C21H14ClN5O4/c22-14-3-8-17(9-4-14)31-16-6-1-13(2-7-16)12-23-26-21(28)20-24-18-10-5-15(27(29)30)11-19(18)25-20/h1-12H,(H,24,25)(H,26,28)/b23-12+. The van der Waals surface area contributed by atoms with Gasteiger partial charge in [0.2, 0.25) is 0 Å². The van der Waals surface area contributed by atoms with Crippen molar-refractivity contribution in [2.75, 3.05) is 0 Å². The fourth-order valence-electron chi connectivity index (χ4n) is 2.70. The van der Waals surface area contributed by atoms with Crippen molar-refractivity contribution in [1.82, 2.24) is 15.4 Å². The van der Waals surface area contributed by atoms with Crippen LogP contribution in [0, 0.1) is 10.1 Å². The molecule has 0 aliphatic rings. The number of halogens is 1. The van der Waals surface area contributed by atoms with Gasteiger partial charge in [0.15, 0.2) is 5.82 Å². The summed E-state index contributed by atoms with van der Waals surface area (Å²) in [5.41, 5.74) is 3.84. The van der Waals surface area contributed by atoms with Crippen LogP contribution >= 0.6 is 11.6 Å². The first-order chi connectivity index (χ1) is 15.0. The van der Waals surface area contributed by atoms with Crippen LogP contribution in [0.25, 0.3) is 11.0 Å². The van der Waals surface area contributed by atoms with Crippen molar-refractivity contribution in [3.8, 4) is 11.5 Å². The van der Waals surface area contributed by atoms with Crippen molar-refractivity contribution in [2.45, 2.75) is 0 Å². The number of fused-ring (bicyclic) bond motifs is 1. The highest BCUT2D eigenvalue weighted by molar-refractivity contribution is 6.30. The van der Waals surface area contributed by atoms with E-state index < -0.39 is 10.8 Å². The predicted octanol–water partition coefficient (Wildman–Crippen LogP) is 4.68. The van der Waals surface area contributed by atoms with E-state index in [-0.39, 0.29) is 11.5 Å². The Kier molecular flexibility index (Phi) is 5.59. The summed E-state index contributed by atoms with van der Waals surface area (Å²) in [6.45, 7) is 0. The predicted molar refractivity (Wildman–Crippen MR) is 116 cm³/mol. The molecule has 0 fully saturated rings. The molecule has 1 aromatic heterocycles. The number of carbonyl (C=O) groups excluding carboxylic acids is 1. The zero-order chi connectivity index (χ0) is 21.8. The Labute approximate surface area is 180 Å². The van der Waals surface area contributed by atoms with Gasteiger partial charge in [-0.1, -0.05) is 11.6 Å². The molecule has 4 rings (SSSR count). The molecule has 1 amide bonds. The van der Waals surface area contributed by atoms with Crippen LogP contribution in [0.1, 0.15) is 16.2 Å². The third kappa shape index (κ3) is 4.85. The number of carbonyl (C=O) groups is 1. The Morgan fingerprint density at radius 3 is 2.45 bits per heavy atom. The number of aromatic amines is 1. The van der Waals surface area contributed by atoms with Crippen LogP contribution in [-0.2, 0) is 0 Å². The van der Waals surface area contributed by atoms with Gasteiger partial charge in [-0.3, -0.25) is 14.9 Å². The molecule has 0 atom stereocenters. The quantitative estimate of drug-likeness (QED) is 0.258. The van der Waals surface area contributed by atoms with Crippen LogP contribution in [0.4, 0.5) is 5.69 Å². The van der Waals surface area contributed by atoms with Crippen LogP contribution in [0.5, 0.6) is 11.5 Å². The van der Waals surface area contributed by atoms with Gasteiger partial charge in [0.05, 0.1) is 22.2 Å². The fourth-order valence-corrected chi connectivity index (χ4v) is 2.82. The molecule has 0 aliphatic carbocycles. The van der Waals surface area contributed by atoms with E-state index in [2.05, 4.69) is 20.5 Å². The van der Waals surface area contributed by atoms with E-state index in [0.29, 0.717) is 27.6 Å². The number of aromatic nitrogens is 2. The monoisotopic (exact) mass is 435 g/mol. The second-order valence-electron chi connectivity index (χ2n) is 6.37. The van der Waals surface area contributed by atoms with Gasteiger partial charge in [0.1, 0.15) is 11.5 Å². The number of amides is 1. The Hall–Kier alpha value is -4.24. The largest absolute Gasteiger partial charge is 0.457 e. The minimum Gasteiger partial charge on any atom is -0.457 e. The van der Waals surface area contributed by atoms with Crippen molar-refractivity contribution in [3.05, 3.63) is 93.3 Å². The van der Waals surface area contributed by atoms with Gasteiger partial charge < -0.3 is 9.72 Å². The number of rotatable bonds is 6. The van der Waals surface area contributed by atoms with Crippen molar-refractivity contribution in [3.63, 3.8) is 0 Å². The van der Waals surface area contributed by atoms with Crippen LogP contribution < -0.4 is 10.2 Å². The van der Waals surface area contributed by atoms with E-state index in [1.54, 1.807) is 48.5 Å². The summed E-state index contributed by atoms with van der Waals surface area (Å²) in [6.07, 6.45) is 1.47. The van der Waals surface area contributed by atoms with Gasteiger partial charge in [-0.2, -0.15) is 5.10 Å². The summed E-state index contributed by atoms with van der Waals surface area (Å²) in [5, 5.41) is 15.4. The molecule has 9 nitrogen and oxygen atoms in total. The zero-order valence-electron chi connectivity index (χ0n) is 15.8. The average Bonchev–Trinajstić information content (AvgIpc) is 3.20. The van der Waals surface area contributed by atoms with Crippen LogP contribution in [-0.4, -0.2) is 27.0 Å². The number of nitrogens with one attached hydrogen (secondary N) is 2. The van der Waals surface area contributed by atoms with Crippen molar-refractivity contribution < 1.29 is 14.5 Å². The summed E-state index contributed by atoms with van der Waals surface area (Å²) in [6, 6.07) is 18.2. The highest BCUT2D eigenvalue weighted by Gasteiger charge is 2.13. The number of nitro groups is 1. The molecule has 0 spiro atoms. The SMILES string of the molecule is O=C(N/N=C/c1ccc(Oc2ccc(Cl)cc2)cc1)c1nc2ccc([N+](=O)[O-])cc2[nH]1. The molecule has 0 aliphatic heterocycles. The Bertz CT molecular complexity index is 1280. The van der Waals surface area contributed by atoms with E-state index in [9.17, 15) is 14.9 Å². The molecule has 0 saturated heterocycles. The smallest absolute Gasteiger partial charge is 0.307 e. The Morgan fingerprint density at radius 1 is 1.10 bits per heavy atom. The molecule has 0 bridgehead atoms. The van der Waals surface area contributed by atoms with E-state index in [0.717, 1.165) is 5.56 Å². The van der Waals surface area contributed by atoms with Gasteiger partial charge in [-0.15, -0.1) is 0 Å². The third-order valence-electron chi connectivity index (χ3n) is 4.20. The lowest BCUT2D eigenvalue weighted by atomic mass is 10.2. The number of ether oxygens (including phenoxy) is 1. The average molecular weight is 436 g/mol. The molecular weight excluding hydrogens is 422 g/mol. The highest BCUT2D eigenvalue weighted by atomic mass is 35.5. The molecular formula is C21H14ClN5O4. The van der Waals surface area contributed by atoms with Crippen LogP contribution in [0.2, 0.25) is 5.02 Å². The molecule has 10 heteroatoms. The lowest BCUT2D eigenvalue weighted by molar-refractivity contribution is -0.384. The molecule has 154 valence electrons. The lowest BCUT2D eigenvalue weighted by Gasteiger charge is -2.05. The number of non-ortho nitro benzene ring substituents is 1. The van der Waals surface area contributed by atoms with Gasteiger partial charge in [0.25, 0.3) is 5.69 Å². The number of nitrogens with zero attached hydrogens (tertiary/aromatic N) is 3. The molecule has 0 saturated carbocycles. The van der Waals surface area contributed by atoms with Crippen molar-refractivity contribution in [2.24, 2.45) is 5.10 Å². The van der Waals surface area contributed by atoms with E-state index >= 15 is 0 Å². The van der Waals surface area contributed by atoms with E-state index in [1.165, 1.54) is 24.4 Å². The van der Waals surface area contributed by atoms with Crippen molar-refractivity contribution in [1.29, 1.82) is 0 Å². The lowest BCUT2D eigenvalue weighted by Crippen LogP contribution is -2.19. The van der Waals surface area contributed by atoms with Crippen LogP contribution in [0.3, 0.4) is 0 Å². The number of imidazole rings is 1. The number of hydrogen-bond acceptors (Lipinski definition) is 6. The van der Waals surface area contributed by atoms with Crippen LogP contribution in [0.15, 0.2) is 71.8 Å². The molecule has 31 heavy (non-hydrogen) atoms. The molecule has 4 aromatic rings. The first kappa shape index (κ1) is 20.0. The molecule has 2 N–H and O–H groups in total. The number of benzene rings is 3. The molecule has 0 radical (unpaired) electrons. The van der Waals surface area contributed by atoms with Gasteiger partial charge >= 0.3 is 5.91 Å². The maximum absolute atomic E-state index is 12.2. The Balaban J connectivity index is 1.37. The molecule has 1 heterocycles. The second-order valence-corrected chi connectivity index (χ2v) is 6.80. The molecule has 3 aromatic carbocycles. The van der Waals surface area contributed by atoms with E-state index in [1.807, 2.05) is 0 Å². The summed E-state index contributed by atoms with van der Waals surface area (Å²) >= 11 is 5.85. The number of H-pyrrole nitrogens is 1. The first-order valence-corrected chi connectivity index (χ1v) is 9.37. The van der Waals surface area contributed by atoms with Gasteiger partial charge in [0, 0.05) is 17.2 Å². The topological polar surface area (TPSA) is 123 Å².